The van der Waals surface area contributed by atoms with Crippen molar-refractivity contribution in [3.8, 4) is 0 Å². The van der Waals surface area contributed by atoms with Crippen LogP contribution in [0.4, 0.5) is 9.18 Å². The molecule has 4 rings (SSSR count). The fourth-order valence-electron chi connectivity index (χ4n) is 5.33. The molecule has 2 atom stereocenters. The molecule has 0 saturated carbocycles. The van der Waals surface area contributed by atoms with Crippen molar-refractivity contribution < 1.29 is 33.2 Å². The van der Waals surface area contributed by atoms with Crippen LogP contribution in [0, 0.1) is 11.7 Å². The molecular formula is C28H37FN6O6. The molecule has 13 heteroatoms. The van der Waals surface area contributed by atoms with E-state index in [0.29, 0.717) is 32.2 Å². The molecule has 222 valence electrons. The van der Waals surface area contributed by atoms with Gasteiger partial charge in [0.15, 0.2) is 0 Å². The van der Waals surface area contributed by atoms with Gasteiger partial charge in [0, 0.05) is 32.7 Å². The van der Waals surface area contributed by atoms with Gasteiger partial charge < -0.3 is 25.3 Å². The number of rotatable bonds is 3. The van der Waals surface area contributed by atoms with E-state index >= 15 is 0 Å². The number of imide groups is 1. The second-order valence-corrected chi connectivity index (χ2v) is 11.2. The summed E-state index contributed by atoms with van der Waals surface area (Å²) < 4.78 is 14.7. The average molecular weight is 573 g/mol. The lowest BCUT2D eigenvalue weighted by molar-refractivity contribution is -0.139. The molecule has 0 spiro atoms. The van der Waals surface area contributed by atoms with Crippen molar-refractivity contribution >= 4 is 35.6 Å². The molecule has 7 amide bonds. The van der Waals surface area contributed by atoms with Gasteiger partial charge >= 0.3 is 6.03 Å². The topological polar surface area (TPSA) is 139 Å². The molecule has 2 fully saturated rings. The van der Waals surface area contributed by atoms with Crippen LogP contribution in [0.1, 0.15) is 49.0 Å². The quantitative estimate of drug-likeness (QED) is 0.502. The summed E-state index contributed by atoms with van der Waals surface area (Å²) in [5, 5.41) is 5.70. The number of halogens is 1. The van der Waals surface area contributed by atoms with Crippen molar-refractivity contribution in [3.05, 3.63) is 35.1 Å². The number of nitrogens with one attached hydrogen (secondary N) is 2. The number of hydrogen-bond donors (Lipinski definition) is 2. The number of nitrogens with zero attached hydrogens (tertiary/aromatic N) is 4. The minimum absolute atomic E-state index is 0.0577. The third-order valence-electron chi connectivity index (χ3n) is 7.80. The van der Waals surface area contributed by atoms with Crippen molar-refractivity contribution in [2.24, 2.45) is 5.92 Å². The number of benzene rings is 1. The minimum Gasteiger partial charge on any atom is -0.355 e. The fraction of sp³-hybridized carbons (Fsp3) is 0.571. The van der Waals surface area contributed by atoms with Gasteiger partial charge in [-0.3, -0.25) is 28.9 Å². The number of hydrogen-bond acceptors (Lipinski definition) is 6. The summed E-state index contributed by atoms with van der Waals surface area (Å²) in [6.45, 7) is 3.21. The Balaban J connectivity index is 1.60. The van der Waals surface area contributed by atoms with Crippen molar-refractivity contribution in [1.29, 1.82) is 0 Å². The minimum atomic E-state index is -0.815. The molecule has 0 radical (unpaired) electrons. The van der Waals surface area contributed by atoms with Gasteiger partial charge in [-0.25, -0.2) is 9.18 Å². The monoisotopic (exact) mass is 572 g/mol. The Bertz CT molecular complexity index is 1240. The Morgan fingerprint density at radius 2 is 1.85 bits per heavy atom. The maximum absolute atomic E-state index is 14.7. The van der Waals surface area contributed by atoms with E-state index in [1.54, 1.807) is 6.07 Å². The van der Waals surface area contributed by atoms with E-state index in [9.17, 15) is 33.2 Å². The first kappa shape index (κ1) is 29.9. The Labute approximate surface area is 238 Å². The fourth-order valence-corrected chi connectivity index (χ4v) is 5.33. The third-order valence-corrected chi connectivity index (χ3v) is 7.80. The molecule has 3 heterocycles. The number of likely N-dealkylation sites (N-methyl/N-ethyl adjacent to an activating group) is 1. The molecule has 1 aromatic carbocycles. The summed E-state index contributed by atoms with van der Waals surface area (Å²) in [5.41, 5.74) is 0.625. The molecule has 2 bridgehead atoms. The smallest absolute Gasteiger partial charge is 0.327 e. The van der Waals surface area contributed by atoms with Crippen molar-refractivity contribution in [2.75, 3.05) is 46.3 Å². The largest absolute Gasteiger partial charge is 0.355 e. The SMILES string of the molecule is CC(C)[C@@H]1CN(C(=O)CN2C(=O)CN(C)C2=O)CC(=O)NCCCc2ccc(F)c(c2)C(=O)N2CCC[C@H]2C(=O)N1. The van der Waals surface area contributed by atoms with E-state index in [2.05, 4.69) is 10.6 Å². The van der Waals surface area contributed by atoms with Crippen LogP contribution in [-0.4, -0.2) is 114 Å². The van der Waals surface area contributed by atoms with Crippen LogP contribution in [0.3, 0.4) is 0 Å². The number of fused-ring (bicyclic) bond motifs is 3. The molecule has 3 aliphatic rings. The van der Waals surface area contributed by atoms with Crippen LogP contribution >= 0.6 is 0 Å². The predicted octanol–water partition coefficient (Wildman–Crippen LogP) is 0.356. The van der Waals surface area contributed by atoms with E-state index < -0.39 is 60.0 Å². The summed E-state index contributed by atoms with van der Waals surface area (Å²) in [5.74, 6) is -3.39. The molecule has 12 nitrogen and oxygen atoms in total. The number of carbonyl (C=O) groups is 6. The van der Waals surface area contributed by atoms with Crippen molar-refractivity contribution in [2.45, 2.75) is 51.6 Å². The summed E-state index contributed by atoms with van der Waals surface area (Å²) in [6.07, 6.45) is 1.95. The molecular weight excluding hydrogens is 535 g/mol. The molecule has 2 saturated heterocycles. The maximum Gasteiger partial charge on any atom is 0.327 e. The Morgan fingerprint density at radius 3 is 2.54 bits per heavy atom. The number of aryl methyl sites for hydroxylation is 1. The first-order chi connectivity index (χ1) is 19.5. The van der Waals surface area contributed by atoms with Crippen LogP contribution in [0.25, 0.3) is 0 Å². The van der Waals surface area contributed by atoms with E-state index in [-0.39, 0.29) is 37.7 Å². The van der Waals surface area contributed by atoms with E-state index in [1.165, 1.54) is 33.9 Å². The van der Waals surface area contributed by atoms with Gasteiger partial charge in [0.05, 0.1) is 12.1 Å². The predicted molar refractivity (Wildman–Crippen MR) is 145 cm³/mol. The molecule has 1 aromatic rings. The third kappa shape index (κ3) is 6.83. The summed E-state index contributed by atoms with van der Waals surface area (Å²) in [6, 6.07) is 2.30. The highest BCUT2D eigenvalue weighted by molar-refractivity contribution is 6.04. The number of urea groups is 1. The normalized spacial score (nSPS) is 23.1. The van der Waals surface area contributed by atoms with Crippen LogP contribution in [0.5, 0.6) is 0 Å². The van der Waals surface area contributed by atoms with Gasteiger partial charge in [-0.1, -0.05) is 19.9 Å². The number of carbonyl (C=O) groups excluding carboxylic acids is 6. The highest BCUT2D eigenvalue weighted by Crippen LogP contribution is 2.23. The van der Waals surface area contributed by atoms with E-state index in [4.69, 9.17) is 0 Å². The second kappa shape index (κ2) is 12.6. The summed E-state index contributed by atoms with van der Waals surface area (Å²) in [4.78, 5) is 82.4. The lowest BCUT2D eigenvalue weighted by Crippen LogP contribution is -2.56. The standard InChI is InChI=1S/C28H37FN6O6/c1-17(2)21-13-33(24(37)16-35-25(38)15-32(3)28(35)41)14-23(36)30-10-4-6-18-8-9-20(29)19(12-18)27(40)34-11-5-7-22(34)26(39)31-21/h8-9,12,17,21-22H,4-7,10-11,13-16H2,1-3H3,(H,30,36)(H,31,39)/t21-,22-/m0/s1. The molecule has 0 unspecified atom stereocenters. The molecule has 3 aliphatic heterocycles. The zero-order chi connectivity index (χ0) is 29.8. The van der Waals surface area contributed by atoms with Crippen LogP contribution in [0.2, 0.25) is 0 Å². The van der Waals surface area contributed by atoms with Crippen LogP contribution < -0.4 is 10.6 Å². The van der Waals surface area contributed by atoms with Crippen LogP contribution in [0.15, 0.2) is 18.2 Å². The zero-order valence-corrected chi connectivity index (χ0v) is 23.7. The first-order valence-corrected chi connectivity index (χ1v) is 14.0. The lowest BCUT2D eigenvalue weighted by Gasteiger charge is -2.32. The molecule has 0 aromatic heterocycles. The van der Waals surface area contributed by atoms with Crippen molar-refractivity contribution in [3.63, 3.8) is 0 Å². The molecule has 0 aliphatic carbocycles. The van der Waals surface area contributed by atoms with Gasteiger partial charge in [0.25, 0.3) is 11.8 Å². The Kier molecular flexibility index (Phi) is 9.24. The summed E-state index contributed by atoms with van der Waals surface area (Å²) >= 11 is 0. The van der Waals surface area contributed by atoms with Gasteiger partial charge in [0.2, 0.25) is 17.7 Å². The lowest BCUT2D eigenvalue weighted by atomic mass is 10.0. The maximum atomic E-state index is 14.7. The van der Waals surface area contributed by atoms with Crippen LogP contribution in [-0.2, 0) is 25.6 Å². The highest BCUT2D eigenvalue weighted by Gasteiger charge is 2.39. The Hall–Kier alpha value is -4.03. The molecule has 41 heavy (non-hydrogen) atoms. The average Bonchev–Trinajstić information content (AvgIpc) is 3.50. The van der Waals surface area contributed by atoms with Gasteiger partial charge in [-0.15, -0.1) is 0 Å². The molecule has 2 N–H and O–H groups in total. The Morgan fingerprint density at radius 1 is 1.10 bits per heavy atom. The van der Waals surface area contributed by atoms with E-state index in [0.717, 1.165) is 10.5 Å². The summed E-state index contributed by atoms with van der Waals surface area (Å²) in [7, 11) is 1.46. The van der Waals surface area contributed by atoms with Gasteiger partial charge in [-0.05, 0) is 49.3 Å². The van der Waals surface area contributed by atoms with Crippen molar-refractivity contribution in [1.82, 2.24) is 30.2 Å². The first-order valence-electron chi connectivity index (χ1n) is 14.0. The highest BCUT2D eigenvalue weighted by atomic mass is 19.1. The van der Waals surface area contributed by atoms with Gasteiger partial charge in [-0.2, -0.15) is 0 Å². The van der Waals surface area contributed by atoms with Gasteiger partial charge in [0.1, 0.15) is 24.9 Å². The zero-order valence-electron chi connectivity index (χ0n) is 23.7. The van der Waals surface area contributed by atoms with E-state index in [1.807, 2.05) is 13.8 Å². The number of amides is 7. The second-order valence-electron chi connectivity index (χ2n) is 11.2.